The second-order valence-electron chi connectivity index (χ2n) is 4.83. The molecule has 0 aromatic carbocycles. The molecule has 1 aliphatic rings. The van der Waals surface area contributed by atoms with Crippen molar-refractivity contribution < 1.29 is 9.59 Å². The van der Waals surface area contributed by atoms with E-state index in [-0.39, 0.29) is 17.7 Å². The van der Waals surface area contributed by atoms with Crippen molar-refractivity contribution in [2.45, 2.75) is 38.5 Å². The number of amides is 2. The molecular formula is C13H25N3O2. The fourth-order valence-electron chi connectivity index (χ4n) is 1.86. The second-order valence-corrected chi connectivity index (χ2v) is 4.83. The van der Waals surface area contributed by atoms with E-state index in [2.05, 4.69) is 16.0 Å². The van der Waals surface area contributed by atoms with Crippen LogP contribution in [0.5, 0.6) is 0 Å². The standard InChI is InChI=1S/C13H25N3O2/c1-14-8-3-7-12(17)15-9-4-10-16-13(18)11-5-2-6-11/h11,14H,2-10H2,1H3,(H,15,17)(H,16,18). The van der Waals surface area contributed by atoms with Crippen LogP contribution >= 0.6 is 0 Å². The number of carbonyl (C=O) groups excluding carboxylic acids is 2. The van der Waals surface area contributed by atoms with Crippen LogP contribution in [0.15, 0.2) is 0 Å². The molecule has 5 nitrogen and oxygen atoms in total. The Morgan fingerprint density at radius 2 is 1.78 bits per heavy atom. The Labute approximate surface area is 109 Å². The van der Waals surface area contributed by atoms with Gasteiger partial charge in [0.25, 0.3) is 0 Å². The van der Waals surface area contributed by atoms with E-state index >= 15 is 0 Å². The summed E-state index contributed by atoms with van der Waals surface area (Å²) in [5.74, 6) is 0.526. The third kappa shape index (κ3) is 6.00. The van der Waals surface area contributed by atoms with Crippen molar-refractivity contribution in [3.8, 4) is 0 Å². The third-order valence-corrected chi connectivity index (χ3v) is 3.28. The molecule has 0 spiro atoms. The fraction of sp³-hybridized carbons (Fsp3) is 0.846. The van der Waals surface area contributed by atoms with E-state index in [9.17, 15) is 9.59 Å². The average Bonchev–Trinajstić information content (AvgIpc) is 2.26. The van der Waals surface area contributed by atoms with Crippen molar-refractivity contribution in [3.05, 3.63) is 0 Å². The summed E-state index contributed by atoms with van der Waals surface area (Å²) in [7, 11) is 1.88. The van der Waals surface area contributed by atoms with Crippen LogP contribution in [0.4, 0.5) is 0 Å². The number of rotatable bonds is 9. The quantitative estimate of drug-likeness (QED) is 0.523. The summed E-state index contributed by atoms with van der Waals surface area (Å²) in [5, 5.41) is 8.77. The Morgan fingerprint density at radius 3 is 2.39 bits per heavy atom. The van der Waals surface area contributed by atoms with E-state index in [0.717, 1.165) is 32.2 Å². The Morgan fingerprint density at radius 1 is 1.06 bits per heavy atom. The lowest BCUT2D eigenvalue weighted by Gasteiger charge is -2.23. The summed E-state index contributed by atoms with van der Waals surface area (Å²) in [6, 6.07) is 0. The molecule has 0 radical (unpaired) electrons. The molecule has 0 aromatic rings. The van der Waals surface area contributed by atoms with Gasteiger partial charge in [0.05, 0.1) is 0 Å². The molecule has 0 atom stereocenters. The molecule has 1 aliphatic carbocycles. The predicted octanol–water partition coefficient (Wildman–Crippen LogP) is 0.409. The van der Waals surface area contributed by atoms with E-state index in [1.54, 1.807) is 0 Å². The molecular weight excluding hydrogens is 230 g/mol. The molecule has 1 fully saturated rings. The number of hydrogen-bond donors (Lipinski definition) is 3. The lowest BCUT2D eigenvalue weighted by Crippen LogP contribution is -2.36. The Hall–Kier alpha value is -1.10. The van der Waals surface area contributed by atoms with Gasteiger partial charge in [0.2, 0.25) is 11.8 Å². The van der Waals surface area contributed by atoms with Crippen molar-refractivity contribution in [1.82, 2.24) is 16.0 Å². The highest BCUT2D eigenvalue weighted by atomic mass is 16.2. The lowest BCUT2D eigenvalue weighted by molar-refractivity contribution is -0.127. The van der Waals surface area contributed by atoms with Gasteiger partial charge in [-0.1, -0.05) is 6.42 Å². The van der Waals surface area contributed by atoms with Gasteiger partial charge in [-0.2, -0.15) is 0 Å². The van der Waals surface area contributed by atoms with Gasteiger partial charge in [-0.05, 0) is 39.3 Å². The molecule has 0 heterocycles. The Balaban J connectivity index is 1.88. The molecule has 5 heteroatoms. The van der Waals surface area contributed by atoms with Crippen molar-refractivity contribution >= 4 is 11.8 Å². The van der Waals surface area contributed by atoms with Crippen molar-refractivity contribution in [3.63, 3.8) is 0 Å². The zero-order valence-electron chi connectivity index (χ0n) is 11.3. The van der Waals surface area contributed by atoms with E-state index in [4.69, 9.17) is 0 Å². The lowest BCUT2D eigenvalue weighted by atomic mass is 9.85. The molecule has 0 aromatic heterocycles. The van der Waals surface area contributed by atoms with Gasteiger partial charge in [0, 0.05) is 25.4 Å². The highest BCUT2D eigenvalue weighted by molar-refractivity contribution is 5.79. The number of nitrogens with one attached hydrogen (secondary N) is 3. The van der Waals surface area contributed by atoms with Crippen LogP contribution in [0.2, 0.25) is 0 Å². The first-order chi connectivity index (χ1) is 8.74. The highest BCUT2D eigenvalue weighted by Gasteiger charge is 2.24. The second kappa shape index (κ2) is 8.91. The third-order valence-electron chi connectivity index (χ3n) is 3.28. The molecule has 2 amide bonds. The molecule has 3 N–H and O–H groups in total. The molecule has 0 saturated heterocycles. The van der Waals surface area contributed by atoms with Crippen molar-refractivity contribution in [2.24, 2.45) is 5.92 Å². The minimum Gasteiger partial charge on any atom is -0.356 e. The van der Waals surface area contributed by atoms with Gasteiger partial charge in [0.15, 0.2) is 0 Å². The molecule has 0 aliphatic heterocycles. The molecule has 0 unspecified atom stereocenters. The number of hydrogen-bond acceptors (Lipinski definition) is 3. The fourth-order valence-corrected chi connectivity index (χ4v) is 1.86. The summed E-state index contributed by atoms with van der Waals surface area (Å²) in [4.78, 5) is 22.8. The average molecular weight is 255 g/mol. The van der Waals surface area contributed by atoms with Crippen LogP contribution in [0, 0.1) is 5.92 Å². The molecule has 18 heavy (non-hydrogen) atoms. The van der Waals surface area contributed by atoms with Crippen molar-refractivity contribution in [1.29, 1.82) is 0 Å². The zero-order chi connectivity index (χ0) is 13.2. The van der Waals surface area contributed by atoms with Crippen molar-refractivity contribution in [2.75, 3.05) is 26.7 Å². The van der Waals surface area contributed by atoms with Gasteiger partial charge in [-0.15, -0.1) is 0 Å². The smallest absolute Gasteiger partial charge is 0.223 e. The normalized spacial score (nSPS) is 14.9. The summed E-state index contributed by atoms with van der Waals surface area (Å²) in [6.45, 7) is 2.17. The molecule has 1 saturated carbocycles. The molecule has 1 rings (SSSR count). The minimum absolute atomic E-state index is 0.0931. The highest BCUT2D eigenvalue weighted by Crippen LogP contribution is 2.25. The van der Waals surface area contributed by atoms with Crippen LogP contribution in [-0.2, 0) is 9.59 Å². The van der Waals surface area contributed by atoms with E-state index < -0.39 is 0 Å². The van der Waals surface area contributed by atoms with Gasteiger partial charge in [-0.3, -0.25) is 9.59 Å². The Bertz CT molecular complexity index is 265. The maximum Gasteiger partial charge on any atom is 0.223 e. The van der Waals surface area contributed by atoms with E-state index in [1.165, 1.54) is 6.42 Å². The Kier molecular flexibility index (Phi) is 7.41. The monoisotopic (exact) mass is 255 g/mol. The van der Waals surface area contributed by atoms with E-state index in [0.29, 0.717) is 19.5 Å². The first-order valence-corrected chi connectivity index (χ1v) is 6.93. The zero-order valence-corrected chi connectivity index (χ0v) is 11.3. The molecule has 104 valence electrons. The van der Waals surface area contributed by atoms with Gasteiger partial charge in [0.1, 0.15) is 0 Å². The topological polar surface area (TPSA) is 70.2 Å². The largest absolute Gasteiger partial charge is 0.356 e. The van der Waals surface area contributed by atoms with Gasteiger partial charge < -0.3 is 16.0 Å². The predicted molar refractivity (Wildman–Crippen MR) is 71.1 cm³/mol. The first kappa shape index (κ1) is 15.0. The maximum atomic E-state index is 11.5. The van der Waals surface area contributed by atoms with Crippen LogP contribution in [-0.4, -0.2) is 38.5 Å². The summed E-state index contributed by atoms with van der Waals surface area (Å²) < 4.78 is 0. The first-order valence-electron chi connectivity index (χ1n) is 6.93. The SMILES string of the molecule is CNCCCC(=O)NCCCNC(=O)C1CCC1. The van der Waals surface area contributed by atoms with Crippen LogP contribution in [0.1, 0.15) is 38.5 Å². The van der Waals surface area contributed by atoms with Gasteiger partial charge >= 0.3 is 0 Å². The van der Waals surface area contributed by atoms with Crippen LogP contribution in [0.25, 0.3) is 0 Å². The van der Waals surface area contributed by atoms with Crippen LogP contribution in [0.3, 0.4) is 0 Å². The summed E-state index contributed by atoms with van der Waals surface area (Å²) in [6.07, 6.45) is 5.48. The maximum absolute atomic E-state index is 11.5. The summed E-state index contributed by atoms with van der Waals surface area (Å²) >= 11 is 0. The minimum atomic E-state index is 0.0931. The number of carbonyl (C=O) groups is 2. The van der Waals surface area contributed by atoms with Crippen LogP contribution < -0.4 is 16.0 Å². The van der Waals surface area contributed by atoms with E-state index in [1.807, 2.05) is 7.05 Å². The van der Waals surface area contributed by atoms with Gasteiger partial charge in [-0.25, -0.2) is 0 Å². The summed E-state index contributed by atoms with van der Waals surface area (Å²) in [5.41, 5.74) is 0. The molecule has 0 bridgehead atoms.